The number of hydrogen-bond donors (Lipinski definition) is 1. The van der Waals surface area contributed by atoms with Crippen LogP contribution in [-0.4, -0.2) is 40.0 Å². The normalized spacial score (nSPS) is 21.5. The first-order chi connectivity index (χ1) is 15.0. The maximum absolute atomic E-state index is 13.7. The number of methoxy groups -OCH3 is 1. The van der Waals surface area contributed by atoms with Crippen molar-refractivity contribution < 1.29 is 14.3 Å². The van der Waals surface area contributed by atoms with Crippen LogP contribution in [0.2, 0.25) is 0 Å². The molecular formula is C24H27N3O3S. The summed E-state index contributed by atoms with van der Waals surface area (Å²) in [5, 5.41) is 5.27. The number of para-hydroxylation sites is 1. The van der Waals surface area contributed by atoms with E-state index in [1.54, 1.807) is 23.3 Å². The van der Waals surface area contributed by atoms with Gasteiger partial charge in [-0.15, -0.1) is 11.3 Å². The van der Waals surface area contributed by atoms with E-state index >= 15 is 0 Å². The zero-order valence-corrected chi connectivity index (χ0v) is 18.7. The number of nitrogens with one attached hydrogen (secondary N) is 1. The molecule has 2 aromatic heterocycles. The number of aromatic nitrogens is 1. The molecule has 0 spiro atoms. The van der Waals surface area contributed by atoms with Crippen molar-refractivity contribution in [3.05, 3.63) is 53.0 Å². The highest BCUT2D eigenvalue weighted by atomic mass is 32.1. The molecule has 7 heteroatoms. The Morgan fingerprint density at radius 3 is 2.81 bits per heavy atom. The van der Waals surface area contributed by atoms with E-state index in [1.807, 2.05) is 53.3 Å². The van der Waals surface area contributed by atoms with Gasteiger partial charge < -0.3 is 19.5 Å². The van der Waals surface area contributed by atoms with E-state index in [9.17, 15) is 9.59 Å². The SMILES string of the molecule is COc1ccccc1CN1C(=O)c2cc3sccc3n2C[C@@]1(C)C(=O)NC1CCCC1. The molecule has 2 amide bonds. The summed E-state index contributed by atoms with van der Waals surface area (Å²) in [6, 6.07) is 11.9. The highest BCUT2D eigenvalue weighted by molar-refractivity contribution is 7.17. The van der Waals surface area contributed by atoms with Gasteiger partial charge in [0.25, 0.3) is 5.91 Å². The molecule has 162 valence electrons. The fourth-order valence-corrected chi connectivity index (χ4v) is 5.76. The van der Waals surface area contributed by atoms with Crippen molar-refractivity contribution in [2.75, 3.05) is 7.11 Å². The minimum absolute atomic E-state index is 0.0784. The van der Waals surface area contributed by atoms with Gasteiger partial charge in [-0.25, -0.2) is 0 Å². The molecule has 6 nitrogen and oxygen atoms in total. The fourth-order valence-electron chi connectivity index (χ4n) is 4.94. The monoisotopic (exact) mass is 437 g/mol. The van der Waals surface area contributed by atoms with E-state index in [0.29, 0.717) is 18.8 Å². The van der Waals surface area contributed by atoms with E-state index in [4.69, 9.17) is 4.74 Å². The number of nitrogens with zero attached hydrogens (tertiary/aromatic N) is 2. The molecule has 1 aromatic carbocycles. The van der Waals surface area contributed by atoms with E-state index in [2.05, 4.69) is 5.32 Å². The van der Waals surface area contributed by atoms with Gasteiger partial charge in [0, 0.05) is 11.6 Å². The summed E-state index contributed by atoms with van der Waals surface area (Å²) >= 11 is 1.62. The number of rotatable bonds is 5. The van der Waals surface area contributed by atoms with Gasteiger partial charge in [0.2, 0.25) is 5.91 Å². The molecule has 31 heavy (non-hydrogen) atoms. The smallest absolute Gasteiger partial charge is 0.271 e. The van der Waals surface area contributed by atoms with E-state index in [1.165, 1.54) is 0 Å². The van der Waals surface area contributed by atoms with Crippen molar-refractivity contribution in [3.63, 3.8) is 0 Å². The lowest BCUT2D eigenvalue weighted by molar-refractivity contribution is -0.133. The third-order valence-electron chi connectivity index (χ3n) is 6.75. The number of carbonyl (C=O) groups excluding carboxylic acids is 2. The van der Waals surface area contributed by atoms with Crippen LogP contribution in [0.25, 0.3) is 10.2 Å². The molecule has 3 aromatic rings. The van der Waals surface area contributed by atoms with Crippen LogP contribution in [0.1, 0.15) is 48.7 Å². The Morgan fingerprint density at radius 1 is 1.26 bits per heavy atom. The third kappa shape index (κ3) is 3.31. The Kier molecular flexibility index (Phi) is 5.01. The third-order valence-corrected chi connectivity index (χ3v) is 7.60. The Labute approximate surface area is 185 Å². The molecule has 0 bridgehead atoms. The maximum Gasteiger partial charge on any atom is 0.271 e. The Morgan fingerprint density at radius 2 is 2.03 bits per heavy atom. The van der Waals surface area contributed by atoms with E-state index in [-0.39, 0.29) is 17.9 Å². The van der Waals surface area contributed by atoms with Crippen LogP contribution in [0.3, 0.4) is 0 Å². The lowest BCUT2D eigenvalue weighted by Crippen LogP contribution is -2.64. The van der Waals surface area contributed by atoms with Crippen molar-refractivity contribution in [3.8, 4) is 5.75 Å². The van der Waals surface area contributed by atoms with Crippen molar-refractivity contribution in [1.82, 2.24) is 14.8 Å². The number of carbonyl (C=O) groups is 2. The van der Waals surface area contributed by atoms with Crippen LogP contribution in [0.5, 0.6) is 5.75 Å². The molecule has 1 fully saturated rings. The van der Waals surface area contributed by atoms with Gasteiger partial charge in [0.1, 0.15) is 17.0 Å². The summed E-state index contributed by atoms with van der Waals surface area (Å²) in [6.07, 6.45) is 4.29. The summed E-state index contributed by atoms with van der Waals surface area (Å²) in [7, 11) is 1.63. The van der Waals surface area contributed by atoms with Crippen molar-refractivity contribution in [1.29, 1.82) is 0 Å². The number of fused-ring (bicyclic) bond motifs is 3. The molecule has 1 aliphatic carbocycles. The van der Waals surface area contributed by atoms with Crippen LogP contribution in [-0.2, 0) is 17.9 Å². The van der Waals surface area contributed by atoms with Crippen molar-refractivity contribution in [2.24, 2.45) is 0 Å². The second-order valence-corrected chi connectivity index (χ2v) is 9.67. The van der Waals surface area contributed by atoms with Crippen molar-refractivity contribution >= 4 is 33.4 Å². The quantitative estimate of drug-likeness (QED) is 0.651. The molecule has 0 unspecified atom stereocenters. The van der Waals surface area contributed by atoms with Gasteiger partial charge in [0.15, 0.2) is 0 Å². The van der Waals surface area contributed by atoms with E-state index < -0.39 is 5.54 Å². The van der Waals surface area contributed by atoms with Crippen LogP contribution < -0.4 is 10.1 Å². The van der Waals surface area contributed by atoms with Gasteiger partial charge in [-0.3, -0.25) is 9.59 Å². The van der Waals surface area contributed by atoms with Crippen LogP contribution in [0.15, 0.2) is 41.8 Å². The van der Waals surface area contributed by atoms with Crippen molar-refractivity contribution in [2.45, 2.75) is 57.3 Å². The van der Waals surface area contributed by atoms with Crippen LogP contribution in [0.4, 0.5) is 0 Å². The molecule has 5 rings (SSSR count). The molecule has 1 saturated carbocycles. The topological polar surface area (TPSA) is 63.6 Å². The lowest BCUT2D eigenvalue weighted by Gasteiger charge is -2.44. The molecule has 3 heterocycles. The molecule has 0 radical (unpaired) electrons. The first-order valence-corrected chi connectivity index (χ1v) is 11.7. The highest BCUT2D eigenvalue weighted by Gasteiger charge is 2.48. The molecule has 1 N–H and O–H groups in total. The molecule has 1 aliphatic heterocycles. The van der Waals surface area contributed by atoms with Gasteiger partial charge >= 0.3 is 0 Å². The fraction of sp³-hybridized carbons (Fsp3) is 0.417. The zero-order chi connectivity index (χ0) is 21.6. The van der Waals surface area contributed by atoms with Gasteiger partial charge in [-0.05, 0) is 43.3 Å². The number of ether oxygens (including phenoxy) is 1. The lowest BCUT2D eigenvalue weighted by atomic mass is 9.93. The minimum atomic E-state index is -0.999. The standard InChI is InChI=1S/C24H27N3O3S/c1-24(23(29)25-17-8-4-5-9-17)15-26-18-11-12-31-21(18)13-19(26)22(28)27(24)14-16-7-3-6-10-20(16)30-2/h3,6-7,10-13,17H,4-5,8-9,14-15H2,1-2H3,(H,25,29)/t24-/m0/s1. The Balaban J connectivity index is 1.56. The molecule has 1 atom stereocenters. The summed E-state index contributed by atoms with van der Waals surface area (Å²) in [5.74, 6) is 0.519. The first-order valence-electron chi connectivity index (χ1n) is 10.8. The van der Waals surface area contributed by atoms with Gasteiger partial charge in [-0.1, -0.05) is 31.0 Å². The summed E-state index contributed by atoms with van der Waals surface area (Å²) in [6.45, 7) is 2.64. The number of amides is 2. The summed E-state index contributed by atoms with van der Waals surface area (Å²) in [4.78, 5) is 29.1. The predicted octanol–water partition coefficient (Wildman–Crippen LogP) is 4.18. The van der Waals surface area contributed by atoms with Gasteiger partial charge in [-0.2, -0.15) is 0 Å². The number of thiophene rings is 1. The Bertz CT molecular complexity index is 1140. The van der Waals surface area contributed by atoms with Crippen LogP contribution >= 0.6 is 11.3 Å². The second kappa shape index (κ2) is 7.71. The second-order valence-electron chi connectivity index (χ2n) is 8.72. The number of benzene rings is 1. The Hall–Kier alpha value is -2.80. The summed E-state index contributed by atoms with van der Waals surface area (Å²) < 4.78 is 8.61. The minimum Gasteiger partial charge on any atom is -0.496 e. The average molecular weight is 438 g/mol. The number of hydrogen-bond acceptors (Lipinski definition) is 4. The molecule has 2 aliphatic rings. The van der Waals surface area contributed by atoms with Gasteiger partial charge in [0.05, 0.1) is 30.4 Å². The average Bonchev–Trinajstić information content (AvgIpc) is 3.50. The molecule has 0 saturated heterocycles. The van der Waals surface area contributed by atoms with Crippen LogP contribution in [0, 0.1) is 0 Å². The summed E-state index contributed by atoms with van der Waals surface area (Å²) in [5.41, 5.74) is 1.55. The van der Waals surface area contributed by atoms with E-state index in [0.717, 1.165) is 47.2 Å². The largest absolute Gasteiger partial charge is 0.496 e. The zero-order valence-electron chi connectivity index (χ0n) is 17.9. The highest BCUT2D eigenvalue weighted by Crippen LogP contribution is 2.36. The first kappa shape index (κ1) is 20.1. The maximum atomic E-state index is 13.7. The predicted molar refractivity (Wildman–Crippen MR) is 121 cm³/mol. The molecular weight excluding hydrogens is 410 g/mol.